The number of benzene rings is 1. The van der Waals surface area contributed by atoms with Gasteiger partial charge in [0.05, 0.1) is 0 Å². The summed E-state index contributed by atoms with van der Waals surface area (Å²) in [6.07, 6.45) is 7.73. The Kier molecular flexibility index (Phi) is 2.59. The number of nitrogens with one attached hydrogen (secondary N) is 1. The SMILES string of the molecule is O=CC1=CC2/C=C/CCNC(=O)c3cccc1c32. The van der Waals surface area contributed by atoms with E-state index in [1.165, 1.54) is 0 Å². The van der Waals surface area contributed by atoms with Crippen LogP contribution in [0.3, 0.4) is 0 Å². The Morgan fingerprint density at radius 3 is 2.94 bits per heavy atom. The molecule has 3 rings (SSSR count). The molecule has 1 aromatic rings. The minimum Gasteiger partial charge on any atom is -0.352 e. The molecule has 0 saturated carbocycles. The quantitative estimate of drug-likeness (QED) is 0.602. The van der Waals surface area contributed by atoms with Crippen molar-refractivity contribution in [2.75, 3.05) is 6.54 Å². The molecule has 0 saturated heterocycles. The van der Waals surface area contributed by atoms with Crippen molar-refractivity contribution in [3.05, 3.63) is 53.1 Å². The van der Waals surface area contributed by atoms with Gasteiger partial charge in [0.25, 0.3) is 5.91 Å². The van der Waals surface area contributed by atoms with E-state index in [1.54, 1.807) is 0 Å². The zero-order valence-corrected chi connectivity index (χ0v) is 9.85. The summed E-state index contributed by atoms with van der Waals surface area (Å²) in [4.78, 5) is 23.2. The first-order valence-electron chi connectivity index (χ1n) is 6.06. The van der Waals surface area contributed by atoms with E-state index in [1.807, 2.05) is 24.3 Å². The molecule has 0 aromatic heterocycles. The smallest absolute Gasteiger partial charge is 0.251 e. The number of rotatable bonds is 1. The summed E-state index contributed by atoms with van der Waals surface area (Å²) in [6.45, 7) is 0.649. The molecule has 1 N–H and O–H groups in total. The molecule has 1 aromatic carbocycles. The summed E-state index contributed by atoms with van der Waals surface area (Å²) in [5, 5.41) is 2.89. The van der Waals surface area contributed by atoms with Crippen LogP contribution in [0.4, 0.5) is 0 Å². The Morgan fingerprint density at radius 2 is 2.11 bits per heavy atom. The second-order valence-corrected chi connectivity index (χ2v) is 4.51. The van der Waals surface area contributed by atoms with Crippen LogP contribution in [0.15, 0.2) is 36.4 Å². The minimum atomic E-state index is -0.0545. The first-order chi connectivity index (χ1) is 8.81. The normalized spacial score (nSPS) is 23.0. The summed E-state index contributed by atoms with van der Waals surface area (Å²) < 4.78 is 0. The van der Waals surface area contributed by atoms with Gasteiger partial charge >= 0.3 is 0 Å². The zero-order chi connectivity index (χ0) is 12.5. The highest BCUT2D eigenvalue weighted by Crippen LogP contribution is 2.38. The van der Waals surface area contributed by atoms with E-state index >= 15 is 0 Å². The van der Waals surface area contributed by atoms with Gasteiger partial charge in [-0.15, -0.1) is 0 Å². The van der Waals surface area contributed by atoms with Crippen molar-refractivity contribution in [1.82, 2.24) is 5.32 Å². The molecule has 2 aliphatic rings. The Bertz CT molecular complexity index is 584. The van der Waals surface area contributed by atoms with Gasteiger partial charge < -0.3 is 5.32 Å². The van der Waals surface area contributed by atoms with Gasteiger partial charge in [-0.05, 0) is 23.6 Å². The molecule has 0 bridgehead atoms. The molecule has 1 heterocycles. The zero-order valence-electron chi connectivity index (χ0n) is 9.85. The second-order valence-electron chi connectivity index (χ2n) is 4.51. The molecule has 1 aliphatic heterocycles. The van der Waals surface area contributed by atoms with Crippen molar-refractivity contribution in [3.8, 4) is 0 Å². The van der Waals surface area contributed by atoms with E-state index in [9.17, 15) is 9.59 Å². The number of carbonyl (C=O) groups excluding carboxylic acids is 2. The highest BCUT2D eigenvalue weighted by atomic mass is 16.1. The number of allylic oxidation sites excluding steroid dienone is 3. The molecule has 90 valence electrons. The number of hydrogen-bond acceptors (Lipinski definition) is 2. The summed E-state index contributed by atoms with van der Waals surface area (Å²) in [5.41, 5.74) is 3.19. The predicted molar refractivity (Wildman–Crippen MR) is 69.3 cm³/mol. The molecule has 18 heavy (non-hydrogen) atoms. The van der Waals surface area contributed by atoms with Gasteiger partial charge in [0.15, 0.2) is 0 Å². The van der Waals surface area contributed by atoms with Crippen molar-refractivity contribution >= 4 is 17.8 Å². The number of hydrogen-bond donors (Lipinski definition) is 1. The molecule has 0 spiro atoms. The third kappa shape index (κ3) is 1.59. The van der Waals surface area contributed by atoms with Gasteiger partial charge in [-0.1, -0.05) is 30.4 Å². The lowest BCUT2D eigenvalue weighted by atomic mass is 9.94. The van der Waals surface area contributed by atoms with E-state index < -0.39 is 0 Å². The van der Waals surface area contributed by atoms with Crippen LogP contribution >= 0.6 is 0 Å². The largest absolute Gasteiger partial charge is 0.352 e. The maximum atomic E-state index is 12.1. The van der Waals surface area contributed by atoms with Crippen molar-refractivity contribution in [2.45, 2.75) is 12.3 Å². The molecule has 1 aliphatic carbocycles. The lowest BCUT2D eigenvalue weighted by Gasteiger charge is -2.11. The topological polar surface area (TPSA) is 46.2 Å². The molecule has 1 atom stereocenters. The molecule has 1 unspecified atom stereocenters. The number of aldehydes is 1. The highest BCUT2D eigenvalue weighted by molar-refractivity contribution is 6.11. The Hall–Kier alpha value is -2.16. The van der Waals surface area contributed by atoms with E-state index in [-0.39, 0.29) is 11.8 Å². The Morgan fingerprint density at radius 1 is 1.28 bits per heavy atom. The molecule has 3 heteroatoms. The third-order valence-electron chi connectivity index (χ3n) is 3.42. The maximum Gasteiger partial charge on any atom is 0.251 e. The standard InChI is InChI=1S/C15H13NO2/c17-9-11-8-10-4-1-2-7-16-15(18)13-6-3-5-12(11)14(10)13/h1,3-6,8-10H,2,7H2,(H,16,18)/b4-1+. The fourth-order valence-corrected chi connectivity index (χ4v) is 2.60. The van der Waals surface area contributed by atoms with Crippen LogP contribution in [0.2, 0.25) is 0 Å². The molecule has 3 nitrogen and oxygen atoms in total. The summed E-state index contributed by atoms with van der Waals surface area (Å²) in [7, 11) is 0. The van der Waals surface area contributed by atoms with E-state index in [4.69, 9.17) is 0 Å². The lowest BCUT2D eigenvalue weighted by Crippen LogP contribution is -2.25. The molecular weight excluding hydrogens is 226 g/mol. The minimum absolute atomic E-state index is 0.0419. The first-order valence-corrected chi connectivity index (χ1v) is 6.06. The van der Waals surface area contributed by atoms with Gasteiger partial charge in [0, 0.05) is 23.6 Å². The van der Waals surface area contributed by atoms with Gasteiger partial charge in [0.2, 0.25) is 0 Å². The van der Waals surface area contributed by atoms with E-state index in [0.717, 1.165) is 23.8 Å². The van der Waals surface area contributed by atoms with Crippen molar-refractivity contribution in [1.29, 1.82) is 0 Å². The van der Waals surface area contributed by atoms with Gasteiger partial charge in [-0.3, -0.25) is 9.59 Å². The fourth-order valence-electron chi connectivity index (χ4n) is 2.60. The van der Waals surface area contributed by atoms with Crippen LogP contribution in [-0.2, 0) is 4.79 Å². The predicted octanol–water partition coefficient (Wildman–Crippen LogP) is 2.06. The Labute approximate surface area is 105 Å². The fraction of sp³-hybridized carbons (Fsp3) is 0.200. The van der Waals surface area contributed by atoms with Crippen LogP contribution in [0.25, 0.3) is 5.57 Å². The molecule has 0 radical (unpaired) electrons. The summed E-state index contributed by atoms with van der Waals surface area (Å²) >= 11 is 0. The molecule has 0 fully saturated rings. The number of carbonyl (C=O) groups is 2. The van der Waals surface area contributed by atoms with Gasteiger partial charge in [-0.2, -0.15) is 0 Å². The van der Waals surface area contributed by atoms with Crippen LogP contribution in [0, 0.1) is 0 Å². The average Bonchev–Trinajstić information content (AvgIpc) is 2.78. The van der Waals surface area contributed by atoms with Crippen molar-refractivity contribution in [2.24, 2.45) is 0 Å². The average molecular weight is 239 g/mol. The monoisotopic (exact) mass is 239 g/mol. The highest BCUT2D eigenvalue weighted by Gasteiger charge is 2.26. The summed E-state index contributed by atoms with van der Waals surface area (Å²) in [5.74, 6) is -0.0126. The molecule has 1 amide bonds. The maximum absolute atomic E-state index is 12.1. The lowest BCUT2D eigenvalue weighted by molar-refractivity contribution is -0.103. The van der Waals surface area contributed by atoms with Gasteiger partial charge in [0.1, 0.15) is 6.29 Å². The van der Waals surface area contributed by atoms with Crippen molar-refractivity contribution < 1.29 is 9.59 Å². The Balaban J connectivity index is 2.23. The van der Waals surface area contributed by atoms with E-state index in [0.29, 0.717) is 17.7 Å². The van der Waals surface area contributed by atoms with Crippen LogP contribution < -0.4 is 5.32 Å². The van der Waals surface area contributed by atoms with Gasteiger partial charge in [-0.25, -0.2) is 0 Å². The van der Waals surface area contributed by atoms with Crippen molar-refractivity contribution in [3.63, 3.8) is 0 Å². The third-order valence-corrected chi connectivity index (χ3v) is 3.42. The van der Waals surface area contributed by atoms with E-state index in [2.05, 4.69) is 17.5 Å². The number of amides is 1. The van der Waals surface area contributed by atoms with Crippen LogP contribution in [0.1, 0.15) is 33.8 Å². The van der Waals surface area contributed by atoms with Crippen LogP contribution in [-0.4, -0.2) is 18.7 Å². The first kappa shape index (κ1) is 11.0. The summed E-state index contributed by atoms with van der Waals surface area (Å²) in [6, 6.07) is 5.55. The van der Waals surface area contributed by atoms with Crippen LogP contribution in [0.5, 0.6) is 0 Å². The second kappa shape index (κ2) is 4.26. The molecular formula is C15H13NO2.